The molecule has 4 aromatic rings. The lowest BCUT2D eigenvalue weighted by Gasteiger charge is -2.28. The molecule has 0 radical (unpaired) electrons. The van der Waals surface area contributed by atoms with Crippen LogP contribution >= 0.6 is 0 Å². The quantitative estimate of drug-likeness (QED) is 0.188. The highest BCUT2D eigenvalue weighted by Crippen LogP contribution is 2.44. The fraction of sp³-hybridized carbons (Fsp3) is 0.378. The number of phenolic OH excluding ortho intramolecular Hbond substituents is 1. The molecular weight excluding hydrogens is 538 g/mol. The second kappa shape index (κ2) is 10.3. The number of ketones is 1. The van der Waals surface area contributed by atoms with Gasteiger partial charge >= 0.3 is 5.97 Å². The molecule has 0 aliphatic heterocycles. The number of aromatic nitrogens is 1. The van der Waals surface area contributed by atoms with E-state index in [1.54, 1.807) is 36.4 Å². The molecule has 6 heteroatoms. The Kier molecular flexibility index (Phi) is 7.29. The number of esters is 1. The SMILES string of the molecule is CC(C)(C)c1ccc2c(c1)C(O)[C@H](c1ccc3cccc(OC(=O)c4cc(C(C)(C)C)c(O)c(C(C)(C)C)c4)c3n1)C2=O. The molecule has 224 valence electrons. The van der Waals surface area contributed by atoms with E-state index in [9.17, 15) is 19.8 Å². The van der Waals surface area contributed by atoms with Gasteiger partial charge in [-0.3, -0.25) is 4.79 Å². The van der Waals surface area contributed by atoms with E-state index in [2.05, 4.69) is 20.8 Å². The van der Waals surface area contributed by atoms with Crippen molar-refractivity contribution in [2.75, 3.05) is 0 Å². The van der Waals surface area contributed by atoms with Crippen LogP contribution in [0.25, 0.3) is 10.9 Å². The van der Waals surface area contributed by atoms with E-state index in [0.29, 0.717) is 39.0 Å². The van der Waals surface area contributed by atoms with Gasteiger partial charge in [-0.2, -0.15) is 0 Å². The molecule has 43 heavy (non-hydrogen) atoms. The molecule has 0 saturated heterocycles. The highest BCUT2D eigenvalue weighted by molar-refractivity contribution is 6.06. The van der Waals surface area contributed by atoms with Crippen LogP contribution in [0, 0.1) is 0 Å². The van der Waals surface area contributed by atoms with Gasteiger partial charge < -0.3 is 14.9 Å². The zero-order chi connectivity index (χ0) is 31.6. The Bertz CT molecular complexity index is 1730. The van der Waals surface area contributed by atoms with Gasteiger partial charge in [0.2, 0.25) is 0 Å². The monoisotopic (exact) mass is 579 g/mol. The molecule has 1 heterocycles. The van der Waals surface area contributed by atoms with Gasteiger partial charge in [0.25, 0.3) is 0 Å². The summed E-state index contributed by atoms with van der Waals surface area (Å²) in [6.07, 6.45) is -1.03. The van der Waals surface area contributed by atoms with Gasteiger partial charge in [-0.1, -0.05) is 98.7 Å². The van der Waals surface area contributed by atoms with Gasteiger partial charge in [-0.15, -0.1) is 0 Å². The number of aliphatic hydroxyl groups excluding tert-OH is 1. The standard InChI is InChI=1S/C37H41NO5/c1-35(2,3)22-14-15-23-24(19-22)32(40)29(31(23)39)27-16-13-20-11-10-12-28(30(20)38-27)43-34(42)21-17-25(36(4,5)6)33(41)26(18-21)37(7,8)9/h10-19,29,32,40-41H,1-9H3/t29-,32?/m1/s1. The van der Waals surface area contributed by atoms with Gasteiger partial charge in [-0.05, 0) is 51.6 Å². The van der Waals surface area contributed by atoms with E-state index in [0.717, 1.165) is 10.9 Å². The van der Waals surface area contributed by atoms with Crippen molar-refractivity contribution < 1.29 is 24.5 Å². The Labute approximate surface area is 253 Å². The number of ether oxygens (including phenoxy) is 1. The third kappa shape index (κ3) is 5.56. The van der Waals surface area contributed by atoms with Gasteiger partial charge in [0.15, 0.2) is 11.5 Å². The minimum Gasteiger partial charge on any atom is -0.507 e. The lowest BCUT2D eigenvalue weighted by Crippen LogP contribution is -2.20. The van der Waals surface area contributed by atoms with Crippen molar-refractivity contribution in [2.45, 2.75) is 90.6 Å². The molecule has 5 rings (SSSR count). The van der Waals surface area contributed by atoms with Crippen LogP contribution < -0.4 is 4.74 Å². The normalized spacial score (nSPS) is 17.3. The molecule has 3 aromatic carbocycles. The van der Waals surface area contributed by atoms with Crippen LogP contribution in [0.15, 0.2) is 60.7 Å². The molecule has 0 fully saturated rings. The van der Waals surface area contributed by atoms with Crippen LogP contribution in [-0.4, -0.2) is 26.9 Å². The van der Waals surface area contributed by atoms with Gasteiger partial charge in [0, 0.05) is 22.1 Å². The summed E-state index contributed by atoms with van der Waals surface area (Å²) < 4.78 is 5.94. The number of hydrogen-bond acceptors (Lipinski definition) is 6. The third-order valence-electron chi connectivity index (χ3n) is 8.29. The summed E-state index contributed by atoms with van der Waals surface area (Å²) in [6.45, 7) is 18.2. The number of pyridine rings is 1. The Morgan fingerprint density at radius 1 is 0.814 bits per heavy atom. The lowest BCUT2D eigenvalue weighted by atomic mass is 9.78. The molecule has 0 amide bonds. The van der Waals surface area contributed by atoms with Crippen molar-refractivity contribution in [3.05, 3.63) is 99.7 Å². The average Bonchev–Trinajstić information content (AvgIpc) is 3.16. The first-order valence-electron chi connectivity index (χ1n) is 14.7. The number of para-hydroxylation sites is 1. The number of fused-ring (bicyclic) bond motifs is 2. The van der Waals surface area contributed by atoms with Crippen LogP contribution in [0.4, 0.5) is 0 Å². The second-order valence-corrected chi connectivity index (χ2v) is 14.7. The summed E-state index contributed by atoms with van der Waals surface area (Å²) in [4.78, 5) is 31.9. The van der Waals surface area contributed by atoms with Gasteiger partial charge in [0.1, 0.15) is 11.3 Å². The minimum atomic E-state index is -1.03. The van der Waals surface area contributed by atoms with Gasteiger partial charge in [0.05, 0.1) is 23.3 Å². The summed E-state index contributed by atoms with van der Waals surface area (Å²) in [5.74, 6) is -1.19. The number of aliphatic hydroxyl groups is 1. The van der Waals surface area contributed by atoms with Crippen molar-refractivity contribution in [3.8, 4) is 11.5 Å². The highest BCUT2D eigenvalue weighted by atomic mass is 16.5. The molecule has 1 unspecified atom stereocenters. The second-order valence-electron chi connectivity index (χ2n) is 14.7. The molecule has 1 aliphatic carbocycles. The van der Waals surface area contributed by atoms with Crippen LogP contribution in [0.3, 0.4) is 0 Å². The predicted octanol–water partition coefficient (Wildman–Crippen LogP) is 8.07. The zero-order valence-corrected chi connectivity index (χ0v) is 26.5. The Morgan fingerprint density at radius 3 is 2.02 bits per heavy atom. The van der Waals surface area contributed by atoms with Crippen LogP contribution in [0.2, 0.25) is 0 Å². The summed E-state index contributed by atoms with van der Waals surface area (Å²) >= 11 is 0. The number of hydrogen-bond donors (Lipinski definition) is 2. The molecule has 0 bridgehead atoms. The maximum absolute atomic E-state index is 13.6. The number of benzene rings is 3. The van der Waals surface area contributed by atoms with Crippen molar-refractivity contribution >= 4 is 22.7 Å². The molecule has 0 spiro atoms. The largest absolute Gasteiger partial charge is 0.507 e. The Hall–Kier alpha value is -4.03. The average molecular weight is 580 g/mol. The number of carbonyl (C=O) groups excluding carboxylic acids is 2. The van der Waals surface area contributed by atoms with E-state index in [1.807, 2.05) is 65.8 Å². The Balaban J connectivity index is 1.53. The first kappa shape index (κ1) is 30.4. The number of Topliss-reactive ketones (excluding diaryl/α,β-unsaturated/α-hetero) is 1. The molecular formula is C37H41NO5. The maximum atomic E-state index is 13.6. The fourth-order valence-corrected chi connectivity index (χ4v) is 5.73. The molecule has 1 aromatic heterocycles. The Morgan fingerprint density at radius 2 is 1.44 bits per heavy atom. The maximum Gasteiger partial charge on any atom is 0.343 e. The first-order chi connectivity index (χ1) is 19.9. The zero-order valence-electron chi connectivity index (χ0n) is 26.5. The van der Waals surface area contributed by atoms with Crippen LogP contribution in [0.1, 0.15) is 123 Å². The van der Waals surface area contributed by atoms with E-state index < -0.39 is 28.8 Å². The summed E-state index contributed by atoms with van der Waals surface area (Å²) in [5, 5.41) is 23.1. The first-order valence-corrected chi connectivity index (χ1v) is 14.7. The topological polar surface area (TPSA) is 96.7 Å². The van der Waals surface area contributed by atoms with Crippen molar-refractivity contribution in [1.29, 1.82) is 0 Å². The van der Waals surface area contributed by atoms with E-state index in [-0.39, 0.29) is 22.7 Å². The van der Waals surface area contributed by atoms with Crippen molar-refractivity contribution in [2.24, 2.45) is 0 Å². The highest BCUT2D eigenvalue weighted by Gasteiger charge is 2.41. The summed E-state index contributed by atoms with van der Waals surface area (Å²) in [7, 11) is 0. The van der Waals surface area contributed by atoms with E-state index >= 15 is 0 Å². The number of phenols is 1. The molecule has 1 aliphatic rings. The number of carbonyl (C=O) groups is 2. The summed E-state index contributed by atoms with van der Waals surface area (Å²) in [6, 6.07) is 17.9. The minimum absolute atomic E-state index is 0.130. The number of nitrogens with zero attached hydrogens (tertiary/aromatic N) is 1. The molecule has 2 N–H and O–H groups in total. The molecule has 0 saturated carbocycles. The lowest BCUT2D eigenvalue weighted by molar-refractivity contribution is 0.0735. The number of aromatic hydroxyl groups is 1. The van der Waals surface area contributed by atoms with E-state index in [4.69, 9.17) is 9.72 Å². The smallest absolute Gasteiger partial charge is 0.343 e. The summed E-state index contributed by atoms with van der Waals surface area (Å²) in [5.41, 5.74) is 3.69. The molecule has 6 nitrogen and oxygen atoms in total. The predicted molar refractivity (Wildman–Crippen MR) is 169 cm³/mol. The van der Waals surface area contributed by atoms with Crippen LogP contribution in [-0.2, 0) is 16.2 Å². The van der Waals surface area contributed by atoms with Crippen LogP contribution in [0.5, 0.6) is 11.5 Å². The third-order valence-corrected chi connectivity index (χ3v) is 8.29. The fourth-order valence-electron chi connectivity index (χ4n) is 5.73. The number of rotatable bonds is 3. The van der Waals surface area contributed by atoms with Gasteiger partial charge in [-0.25, -0.2) is 9.78 Å². The van der Waals surface area contributed by atoms with E-state index in [1.165, 1.54) is 0 Å². The molecule has 2 atom stereocenters. The van der Waals surface area contributed by atoms with Crippen molar-refractivity contribution in [3.63, 3.8) is 0 Å². The van der Waals surface area contributed by atoms with Crippen molar-refractivity contribution in [1.82, 2.24) is 4.98 Å².